The summed E-state index contributed by atoms with van der Waals surface area (Å²) < 4.78 is 5.78. The molecule has 104 valence electrons. The highest BCUT2D eigenvalue weighted by atomic mass is 16.5. The van der Waals surface area contributed by atoms with Gasteiger partial charge in [-0.2, -0.15) is 5.10 Å². The summed E-state index contributed by atoms with van der Waals surface area (Å²) in [6.45, 7) is 3.32. The van der Waals surface area contributed by atoms with Gasteiger partial charge >= 0.3 is 0 Å². The second-order valence-corrected chi connectivity index (χ2v) is 5.15. The molecule has 2 aliphatic heterocycles. The van der Waals surface area contributed by atoms with Crippen molar-refractivity contribution in [3.05, 3.63) is 11.8 Å². The van der Waals surface area contributed by atoms with Crippen LogP contribution < -0.4 is 11.1 Å². The molecule has 2 unspecified atom stereocenters. The number of aromatic amines is 1. The smallest absolute Gasteiger partial charge is 0.256 e. The molecule has 0 aliphatic carbocycles. The van der Waals surface area contributed by atoms with Crippen LogP contribution in [0.5, 0.6) is 0 Å². The molecule has 0 radical (unpaired) electrons. The maximum Gasteiger partial charge on any atom is 0.256 e. The van der Waals surface area contributed by atoms with Crippen molar-refractivity contribution in [3.63, 3.8) is 0 Å². The van der Waals surface area contributed by atoms with Crippen LogP contribution in [-0.4, -0.2) is 59.4 Å². The van der Waals surface area contributed by atoms with E-state index in [1.807, 2.05) is 0 Å². The summed E-state index contributed by atoms with van der Waals surface area (Å²) in [6.07, 6.45) is 3.97. The molecule has 4 N–H and O–H groups in total. The fourth-order valence-corrected chi connectivity index (χ4v) is 2.79. The largest absolute Gasteiger partial charge is 0.383 e. The molecule has 1 amide bonds. The van der Waals surface area contributed by atoms with E-state index in [0.717, 1.165) is 19.7 Å². The minimum Gasteiger partial charge on any atom is -0.383 e. The van der Waals surface area contributed by atoms with Gasteiger partial charge in [0.05, 0.1) is 18.9 Å². The van der Waals surface area contributed by atoms with Crippen LogP contribution in [0.25, 0.3) is 0 Å². The van der Waals surface area contributed by atoms with Gasteiger partial charge in [0.25, 0.3) is 5.91 Å². The normalized spacial score (nSPS) is 27.2. The number of nitrogen functional groups attached to an aromatic ring is 1. The van der Waals surface area contributed by atoms with Crippen LogP contribution in [0.2, 0.25) is 0 Å². The molecule has 1 aromatic heterocycles. The Labute approximate surface area is 111 Å². The van der Waals surface area contributed by atoms with Crippen LogP contribution in [0.3, 0.4) is 0 Å². The highest BCUT2D eigenvalue weighted by Gasteiger charge is 2.32. The fraction of sp³-hybridized carbons (Fsp3) is 0.667. The Morgan fingerprint density at radius 2 is 2.58 bits per heavy atom. The van der Waals surface area contributed by atoms with Crippen LogP contribution in [-0.2, 0) is 4.74 Å². The average Bonchev–Trinajstić information content (AvgIpc) is 3.03. The Morgan fingerprint density at radius 1 is 1.68 bits per heavy atom. The van der Waals surface area contributed by atoms with Gasteiger partial charge in [0, 0.05) is 19.1 Å². The van der Waals surface area contributed by atoms with E-state index in [0.29, 0.717) is 24.0 Å². The number of nitrogens with zero attached hydrogens (tertiary/aromatic N) is 2. The third-order valence-electron chi connectivity index (χ3n) is 3.87. The molecular formula is C12H19N5O2. The number of hydrogen-bond acceptors (Lipinski definition) is 5. The second-order valence-electron chi connectivity index (χ2n) is 5.15. The van der Waals surface area contributed by atoms with E-state index in [4.69, 9.17) is 10.5 Å². The highest BCUT2D eigenvalue weighted by molar-refractivity contribution is 5.98. The number of rotatable bonds is 3. The van der Waals surface area contributed by atoms with Gasteiger partial charge in [-0.3, -0.25) is 14.8 Å². The number of nitrogens with two attached hydrogens (primary N) is 1. The SMILES string of the molecule is Nc1[nH]ncc1C(=O)NCC1CN2CCCC2CO1. The number of ether oxygens (including phenoxy) is 1. The first-order chi connectivity index (χ1) is 9.24. The molecule has 1 aromatic rings. The van der Waals surface area contributed by atoms with Crippen molar-refractivity contribution < 1.29 is 9.53 Å². The number of nitrogens with one attached hydrogen (secondary N) is 2. The Balaban J connectivity index is 1.50. The molecule has 0 saturated carbocycles. The van der Waals surface area contributed by atoms with Crippen molar-refractivity contribution in [1.82, 2.24) is 20.4 Å². The Kier molecular flexibility index (Phi) is 3.39. The molecule has 2 aliphatic rings. The Hall–Kier alpha value is -1.60. The highest BCUT2D eigenvalue weighted by Crippen LogP contribution is 2.22. The summed E-state index contributed by atoms with van der Waals surface area (Å²) in [5.41, 5.74) is 5.99. The molecular weight excluding hydrogens is 246 g/mol. The third-order valence-corrected chi connectivity index (χ3v) is 3.87. The minimum atomic E-state index is -0.210. The number of anilines is 1. The van der Waals surface area contributed by atoms with Crippen molar-refractivity contribution in [3.8, 4) is 0 Å². The number of H-pyrrole nitrogens is 1. The lowest BCUT2D eigenvalue weighted by Crippen LogP contribution is -2.50. The van der Waals surface area contributed by atoms with Crippen molar-refractivity contribution >= 4 is 11.7 Å². The molecule has 0 aromatic carbocycles. The monoisotopic (exact) mass is 265 g/mol. The molecule has 3 rings (SSSR count). The number of fused-ring (bicyclic) bond motifs is 1. The topological polar surface area (TPSA) is 96.3 Å². The van der Waals surface area contributed by atoms with Crippen molar-refractivity contribution in [1.29, 1.82) is 0 Å². The number of hydrogen-bond donors (Lipinski definition) is 3. The lowest BCUT2D eigenvalue weighted by atomic mass is 10.2. The number of aromatic nitrogens is 2. The minimum absolute atomic E-state index is 0.0615. The van der Waals surface area contributed by atoms with E-state index in [9.17, 15) is 4.79 Å². The number of morpholine rings is 1. The lowest BCUT2D eigenvalue weighted by molar-refractivity contribution is -0.0461. The first kappa shape index (κ1) is 12.4. The molecule has 0 spiro atoms. The number of carbonyl (C=O) groups is 1. The van der Waals surface area contributed by atoms with E-state index in [1.54, 1.807) is 0 Å². The third kappa shape index (κ3) is 2.57. The zero-order valence-corrected chi connectivity index (χ0v) is 10.8. The first-order valence-corrected chi connectivity index (χ1v) is 6.66. The van der Waals surface area contributed by atoms with Gasteiger partial charge in [-0.25, -0.2) is 0 Å². The summed E-state index contributed by atoms with van der Waals surface area (Å²) in [6, 6.07) is 0.580. The summed E-state index contributed by atoms with van der Waals surface area (Å²) in [7, 11) is 0. The molecule has 7 nitrogen and oxygen atoms in total. The Bertz CT molecular complexity index is 461. The van der Waals surface area contributed by atoms with Gasteiger partial charge in [-0.05, 0) is 19.4 Å². The zero-order chi connectivity index (χ0) is 13.2. The van der Waals surface area contributed by atoms with Crippen LogP contribution in [0.4, 0.5) is 5.82 Å². The maximum absolute atomic E-state index is 11.9. The predicted octanol–water partition coefficient (Wildman–Crippen LogP) is -0.415. The molecule has 0 bridgehead atoms. The maximum atomic E-state index is 11.9. The predicted molar refractivity (Wildman–Crippen MR) is 69.7 cm³/mol. The molecule has 2 atom stereocenters. The number of carbonyl (C=O) groups excluding carboxylic acids is 1. The lowest BCUT2D eigenvalue weighted by Gasteiger charge is -2.35. The molecule has 19 heavy (non-hydrogen) atoms. The van der Waals surface area contributed by atoms with Crippen LogP contribution >= 0.6 is 0 Å². The molecule has 2 fully saturated rings. The summed E-state index contributed by atoms with van der Waals surface area (Å²) in [5.74, 6) is 0.0834. The molecule has 3 heterocycles. The van der Waals surface area contributed by atoms with Gasteiger partial charge in [-0.15, -0.1) is 0 Å². The van der Waals surface area contributed by atoms with Gasteiger partial charge in [0.15, 0.2) is 0 Å². The first-order valence-electron chi connectivity index (χ1n) is 6.66. The molecule has 2 saturated heterocycles. The second kappa shape index (κ2) is 5.18. The Morgan fingerprint density at radius 3 is 3.37 bits per heavy atom. The zero-order valence-electron chi connectivity index (χ0n) is 10.8. The standard InChI is InChI=1S/C12H19N5O2/c13-11-10(5-15-16-11)12(18)14-4-9-6-17-3-1-2-8(17)7-19-9/h5,8-9H,1-4,6-7H2,(H,14,18)(H3,13,15,16). The van der Waals surface area contributed by atoms with Gasteiger partial charge < -0.3 is 15.8 Å². The van der Waals surface area contributed by atoms with Gasteiger partial charge in [-0.1, -0.05) is 0 Å². The van der Waals surface area contributed by atoms with E-state index < -0.39 is 0 Å². The van der Waals surface area contributed by atoms with E-state index in [-0.39, 0.29) is 12.0 Å². The molecule has 7 heteroatoms. The summed E-state index contributed by atoms with van der Waals surface area (Å²) in [5, 5.41) is 9.12. The fourth-order valence-electron chi connectivity index (χ4n) is 2.79. The number of amides is 1. The van der Waals surface area contributed by atoms with Crippen LogP contribution in [0, 0.1) is 0 Å². The van der Waals surface area contributed by atoms with Crippen LogP contribution in [0.15, 0.2) is 6.20 Å². The van der Waals surface area contributed by atoms with E-state index in [1.165, 1.54) is 19.0 Å². The summed E-state index contributed by atoms with van der Waals surface area (Å²) >= 11 is 0. The van der Waals surface area contributed by atoms with Crippen molar-refractivity contribution in [2.24, 2.45) is 0 Å². The average molecular weight is 265 g/mol. The summed E-state index contributed by atoms with van der Waals surface area (Å²) in [4.78, 5) is 14.3. The van der Waals surface area contributed by atoms with E-state index >= 15 is 0 Å². The quantitative estimate of drug-likeness (QED) is 0.690. The van der Waals surface area contributed by atoms with Crippen LogP contribution in [0.1, 0.15) is 23.2 Å². The van der Waals surface area contributed by atoms with Gasteiger partial charge in [0.2, 0.25) is 0 Å². The van der Waals surface area contributed by atoms with Crippen molar-refractivity contribution in [2.75, 3.05) is 32.0 Å². The van der Waals surface area contributed by atoms with E-state index in [2.05, 4.69) is 20.4 Å². The van der Waals surface area contributed by atoms with Crippen molar-refractivity contribution in [2.45, 2.75) is 25.0 Å². The van der Waals surface area contributed by atoms with Gasteiger partial charge in [0.1, 0.15) is 11.4 Å².